The predicted molar refractivity (Wildman–Crippen MR) is 45.4 cm³/mol. The molecule has 3 N–H and O–H groups in total. The first-order valence-electron chi connectivity index (χ1n) is 4.28. The Labute approximate surface area is 68.3 Å². The molecule has 0 amide bonds. The standard InChI is InChI=1S/C8H18N2O/c1-6(2)8(9)7-5-11-4-3-10-7/h6-8,10H,3-5,9H2,1-2H3. The summed E-state index contributed by atoms with van der Waals surface area (Å²) in [6.45, 7) is 6.80. The zero-order valence-corrected chi connectivity index (χ0v) is 7.34. The average molecular weight is 158 g/mol. The Morgan fingerprint density at radius 2 is 2.27 bits per heavy atom. The van der Waals surface area contributed by atoms with Gasteiger partial charge in [0.25, 0.3) is 0 Å². The van der Waals surface area contributed by atoms with Crippen molar-refractivity contribution in [3.05, 3.63) is 0 Å². The lowest BCUT2D eigenvalue weighted by Crippen LogP contribution is -2.54. The second-order valence-electron chi connectivity index (χ2n) is 3.46. The van der Waals surface area contributed by atoms with E-state index < -0.39 is 0 Å². The molecule has 0 bridgehead atoms. The lowest BCUT2D eigenvalue weighted by atomic mass is 9.97. The summed E-state index contributed by atoms with van der Waals surface area (Å²) in [6.07, 6.45) is 0. The maximum Gasteiger partial charge on any atom is 0.0635 e. The fraction of sp³-hybridized carbons (Fsp3) is 1.00. The fourth-order valence-electron chi connectivity index (χ4n) is 1.30. The molecule has 0 saturated carbocycles. The maximum atomic E-state index is 5.95. The quantitative estimate of drug-likeness (QED) is 0.592. The molecule has 0 radical (unpaired) electrons. The number of morpholine rings is 1. The number of hydrogen-bond donors (Lipinski definition) is 2. The minimum absolute atomic E-state index is 0.218. The van der Waals surface area contributed by atoms with Crippen molar-refractivity contribution in [1.82, 2.24) is 5.32 Å². The first-order valence-corrected chi connectivity index (χ1v) is 4.28. The van der Waals surface area contributed by atoms with Gasteiger partial charge in [-0.15, -0.1) is 0 Å². The van der Waals surface area contributed by atoms with Gasteiger partial charge >= 0.3 is 0 Å². The fourth-order valence-corrected chi connectivity index (χ4v) is 1.30. The van der Waals surface area contributed by atoms with E-state index in [1.807, 2.05) is 0 Å². The average Bonchev–Trinajstić information content (AvgIpc) is 2.05. The molecular formula is C8H18N2O. The summed E-state index contributed by atoms with van der Waals surface area (Å²) < 4.78 is 5.31. The van der Waals surface area contributed by atoms with Crippen molar-refractivity contribution in [2.45, 2.75) is 25.9 Å². The molecule has 0 aromatic rings. The third-order valence-corrected chi connectivity index (χ3v) is 2.18. The second kappa shape index (κ2) is 4.04. The zero-order chi connectivity index (χ0) is 8.27. The summed E-state index contributed by atoms with van der Waals surface area (Å²) in [6, 6.07) is 0.569. The molecule has 0 aromatic heterocycles. The van der Waals surface area contributed by atoms with E-state index in [0.29, 0.717) is 12.0 Å². The van der Waals surface area contributed by atoms with E-state index in [-0.39, 0.29) is 6.04 Å². The van der Waals surface area contributed by atoms with Crippen LogP contribution in [0.4, 0.5) is 0 Å². The van der Waals surface area contributed by atoms with Gasteiger partial charge in [0.2, 0.25) is 0 Å². The molecule has 3 heteroatoms. The van der Waals surface area contributed by atoms with Gasteiger partial charge in [-0.25, -0.2) is 0 Å². The van der Waals surface area contributed by atoms with Crippen LogP contribution in [0.25, 0.3) is 0 Å². The van der Waals surface area contributed by atoms with E-state index in [9.17, 15) is 0 Å². The first kappa shape index (κ1) is 8.97. The molecule has 1 heterocycles. The Morgan fingerprint density at radius 1 is 1.55 bits per heavy atom. The van der Waals surface area contributed by atoms with Crippen LogP contribution in [0.15, 0.2) is 0 Å². The molecule has 3 nitrogen and oxygen atoms in total. The topological polar surface area (TPSA) is 47.3 Å². The molecule has 0 spiro atoms. The number of nitrogens with two attached hydrogens (primary N) is 1. The van der Waals surface area contributed by atoms with Crippen LogP contribution in [-0.4, -0.2) is 31.8 Å². The SMILES string of the molecule is CC(C)C(N)C1COCCN1. The Kier molecular flexibility index (Phi) is 3.30. The summed E-state index contributed by atoms with van der Waals surface area (Å²) in [7, 11) is 0. The number of ether oxygens (including phenoxy) is 1. The molecule has 66 valence electrons. The van der Waals surface area contributed by atoms with Crippen LogP contribution >= 0.6 is 0 Å². The molecule has 2 atom stereocenters. The normalized spacial score (nSPS) is 28.9. The van der Waals surface area contributed by atoms with Crippen LogP contribution in [0.3, 0.4) is 0 Å². The van der Waals surface area contributed by atoms with Gasteiger partial charge in [-0.3, -0.25) is 0 Å². The van der Waals surface area contributed by atoms with Crippen LogP contribution in [0.1, 0.15) is 13.8 Å². The highest BCUT2D eigenvalue weighted by Gasteiger charge is 2.22. The van der Waals surface area contributed by atoms with E-state index in [2.05, 4.69) is 19.2 Å². The maximum absolute atomic E-state index is 5.95. The van der Waals surface area contributed by atoms with Crippen molar-refractivity contribution in [2.75, 3.05) is 19.8 Å². The molecule has 1 saturated heterocycles. The molecule has 2 unspecified atom stereocenters. The lowest BCUT2D eigenvalue weighted by molar-refractivity contribution is 0.0630. The monoisotopic (exact) mass is 158 g/mol. The summed E-state index contributed by atoms with van der Waals surface area (Å²) in [5.41, 5.74) is 5.95. The van der Waals surface area contributed by atoms with Crippen molar-refractivity contribution < 1.29 is 4.74 Å². The van der Waals surface area contributed by atoms with E-state index in [1.54, 1.807) is 0 Å². The van der Waals surface area contributed by atoms with E-state index in [1.165, 1.54) is 0 Å². The molecular weight excluding hydrogens is 140 g/mol. The van der Waals surface area contributed by atoms with Gasteiger partial charge in [-0.2, -0.15) is 0 Å². The van der Waals surface area contributed by atoms with Crippen molar-refractivity contribution >= 4 is 0 Å². The number of nitrogens with one attached hydrogen (secondary N) is 1. The van der Waals surface area contributed by atoms with Gasteiger partial charge in [0.05, 0.1) is 13.2 Å². The molecule has 0 aromatic carbocycles. The second-order valence-corrected chi connectivity index (χ2v) is 3.46. The summed E-state index contributed by atoms with van der Waals surface area (Å²) in [4.78, 5) is 0. The van der Waals surface area contributed by atoms with Gasteiger partial charge in [-0.1, -0.05) is 13.8 Å². The van der Waals surface area contributed by atoms with E-state index in [0.717, 1.165) is 19.8 Å². The lowest BCUT2D eigenvalue weighted by Gasteiger charge is -2.30. The highest BCUT2D eigenvalue weighted by Crippen LogP contribution is 2.06. The molecule has 0 aliphatic carbocycles. The summed E-state index contributed by atoms with van der Waals surface area (Å²) >= 11 is 0. The summed E-state index contributed by atoms with van der Waals surface area (Å²) in [5.74, 6) is 0.522. The molecule has 1 fully saturated rings. The van der Waals surface area contributed by atoms with Crippen molar-refractivity contribution in [3.8, 4) is 0 Å². The van der Waals surface area contributed by atoms with E-state index >= 15 is 0 Å². The third kappa shape index (κ3) is 2.43. The molecule has 1 aliphatic rings. The van der Waals surface area contributed by atoms with Crippen molar-refractivity contribution in [3.63, 3.8) is 0 Å². The van der Waals surface area contributed by atoms with Gasteiger partial charge in [0.1, 0.15) is 0 Å². The van der Waals surface area contributed by atoms with Crippen molar-refractivity contribution in [1.29, 1.82) is 0 Å². The minimum Gasteiger partial charge on any atom is -0.378 e. The zero-order valence-electron chi connectivity index (χ0n) is 7.34. The van der Waals surface area contributed by atoms with Crippen LogP contribution in [-0.2, 0) is 4.74 Å². The smallest absolute Gasteiger partial charge is 0.0635 e. The van der Waals surface area contributed by atoms with Gasteiger partial charge in [-0.05, 0) is 5.92 Å². The van der Waals surface area contributed by atoms with Crippen LogP contribution in [0.2, 0.25) is 0 Å². The Hall–Kier alpha value is -0.120. The highest BCUT2D eigenvalue weighted by atomic mass is 16.5. The van der Waals surface area contributed by atoms with Gasteiger partial charge in [0, 0.05) is 18.6 Å². The Bertz CT molecular complexity index is 111. The third-order valence-electron chi connectivity index (χ3n) is 2.18. The number of hydrogen-bond acceptors (Lipinski definition) is 3. The van der Waals surface area contributed by atoms with Crippen molar-refractivity contribution in [2.24, 2.45) is 11.7 Å². The Balaban J connectivity index is 2.32. The molecule has 1 aliphatic heterocycles. The van der Waals surface area contributed by atoms with Crippen LogP contribution in [0, 0.1) is 5.92 Å². The Morgan fingerprint density at radius 3 is 2.73 bits per heavy atom. The summed E-state index contributed by atoms with van der Waals surface area (Å²) in [5, 5.41) is 3.35. The number of rotatable bonds is 2. The largest absolute Gasteiger partial charge is 0.378 e. The molecule has 11 heavy (non-hydrogen) atoms. The molecule has 1 rings (SSSR count). The van der Waals surface area contributed by atoms with Gasteiger partial charge in [0.15, 0.2) is 0 Å². The van der Waals surface area contributed by atoms with Crippen LogP contribution in [0.5, 0.6) is 0 Å². The highest BCUT2D eigenvalue weighted by molar-refractivity contribution is 4.83. The van der Waals surface area contributed by atoms with E-state index in [4.69, 9.17) is 10.5 Å². The minimum atomic E-state index is 0.218. The predicted octanol–water partition coefficient (Wildman–Crippen LogP) is -0.0419. The van der Waals surface area contributed by atoms with Crippen LogP contribution < -0.4 is 11.1 Å². The first-order chi connectivity index (χ1) is 5.22. The van der Waals surface area contributed by atoms with Gasteiger partial charge < -0.3 is 15.8 Å².